The number of aromatic nitrogens is 3. The van der Waals surface area contributed by atoms with Crippen molar-refractivity contribution in [3.8, 4) is 0 Å². The Balaban J connectivity index is 1.78. The van der Waals surface area contributed by atoms with Crippen LogP contribution in [-0.4, -0.2) is 14.5 Å². The second kappa shape index (κ2) is 5.75. The number of rotatable bonds is 3. The largest absolute Gasteiger partial charge is 0.343 e. The third-order valence-electron chi connectivity index (χ3n) is 4.58. The van der Waals surface area contributed by atoms with Crippen LogP contribution >= 0.6 is 0 Å². The molecular weight excluding hydrogens is 294 g/mol. The minimum atomic E-state index is 0.482. The second-order valence-electron chi connectivity index (χ2n) is 6.80. The van der Waals surface area contributed by atoms with Gasteiger partial charge in [-0.25, -0.2) is 0 Å². The summed E-state index contributed by atoms with van der Waals surface area (Å²) in [6.07, 6.45) is 8.09. The van der Waals surface area contributed by atoms with Crippen molar-refractivity contribution in [3.05, 3.63) is 71.8 Å². The fourth-order valence-corrected chi connectivity index (χ4v) is 3.32. The summed E-state index contributed by atoms with van der Waals surface area (Å²) in [6.45, 7) is 7.38. The van der Waals surface area contributed by atoms with Crippen molar-refractivity contribution in [3.63, 3.8) is 0 Å². The molecule has 3 heterocycles. The van der Waals surface area contributed by atoms with Gasteiger partial charge in [0.1, 0.15) is 0 Å². The predicted octanol–water partition coefficient (Wildman–Crippen LogP) is 5.06. The zero-order chi connectivity index (χ0) is 16.7. The lowest BCUT2D eigenvalue weighted by molar-refractivity contribution is 0.808. The van der Waals surface area contributed by atoms with Crippen LogP contribution in [0.15, 0.2) is 55.1 Å². The molecule has 0 radical (unpaired) electrons. The van der Waals surface area contributed by atoms with E-state index in [0.29, 0.717) is 5.92 Å². The minimum absolute atomic E-state index is 0.482. The van der Waals surface area contributed by atoms with Crippen LogP contribution in [0.5, 0.6) is 0 Å². The summed E-state index contributed by atoms with van der Waals surface area (Å²) in [5.41, 5.74) is 6.10. The molecule has 0 fully saturated rings. The molecule has 4 rings (SSSR count). The second-order valence-corrected chi connectivity index (χ2v) is 6.80. The normalized spacial score (nSPS) is 11.7. The smallest absolute Gasteiger partial charge is 0.0704 e. The van der Waals surface area contributed by atoms with Gasteiger partial charge in [0, 0.05) is 42.1 Å². The van der Waals surface area contributed by atoms with Gasteiger partial charge in [0.15, 0.2) is 0 Å². The molecule has 120 valence electrons. The molecule has 0 aliphatic rings. The van der Waals surface area contributed by atoms with Crippen LogP contribution < -0.4 is 0 Å². The van der Waals surface area contributed by atoms with E-state index in [2.05, 4.69) is 71.8 Å². The molecule has 0 saturated carbocycles. The zero-order valence-corrected chi connectivity index (χ0v) is 14.3. The monoisotopic (exact) mass is 315 g/mol. The quantitative estimate of drug-likeness (QED) is 0.529. The van der Waals surface area contributed by atoms with Crippen LogP contribution in [0, 0.1) is 6.92 Å². The Bertz CT molecular complexity index is 1030. The van der Waals surface area contributed by atoms with E-state index in [-0.39, 0.29) is 0 Å². The summed E-state index contributed by atoms with van der Waals surface area (Å²) >= 11 is 0. The van der Waals surface area contributed by atoms with Gasteiger partial charge in [0.05, 0.1) is 11.0 Å². The summed E-state index contributed by atoms with van der Waals surface area (Å²) in [5.74, 6) is 0.482. The number of hydrogen-bond acceptors (Lipinski definition) is 2. The average Bonchev–Trinajstić information content (AvgIpc) is 2.94. The maximum atomic E-state index is 4.63. The molecule has 0 aliphatic heterocycles. The van der Waals surface area contributed by atoms with Gasteiger partial charge in [-0.15, -0.1) is 0 Å². The zero-order valence-electron chi connectivity index (χ0n) is 14.3. The summed E-state index contributed by atoms with van der Waals surface area (Å²) in [6, 6.07) is 10.8. The molecule has 1 aromatic carbocycles. The molecule has 0 unspecified atom stereocenters. The molecule has 0 atom stereocenters. The van der Waals surface area contributed by atoms with Gasteiger partial charge in [-0.2, -0.15) is 0 Å². The van der Waals surface area contributed by atoms with Crippen molar-refractivity contribution in [2.45, 2.75) is 33.2 Å². The summed E-state index contributed by atoms with van der Waals surface area (Å²) < 4.78 is 2.31. The van der Waals surface area contributed by atoms with Gasteiger partial charge in [-0.1, -0.05) is 26.0 Å². The fourth-order valence-electron chi connectivity index (χ4n) is 3.32. The Labute approximate surface area is 142 Å². The Morgan fingerprint density at radius 1 is 1.08 bits per heavy atom. The molecule has 3 nitrogen and oxygen atoms in total. The molecule has 3 heteroatoms. The molecule has 0 N–H and O–H groups in total. The van der Waals surface area contributed by atoms with Gasteiger partial charge in [0.25, 0.3) is 0 Å². The Hall–Kier alpha value is -2.68. The summed E-state index contributed by atoms with van der Waals surface area (Å²) in [4.78, 5) is 8.93. The molecule has 3 aromatic heterocycles. The van der Waals surface area contributed by atoms with Gasteiger partial charge in [0.2, 0.25) is 0 Å². The van der Waals surface area contributed by atoms with Crippen molar-refractivity contribution in [1.29, 1.82) is 0 Å². The van der Waals surface area contributed by atoms with Gasteiger partial charge >= 0.3 is 0 Å². The third-order valence-corrected chi connectivity index (χ3v) is 4.58. The molecule has 0 saturated heterocycles. The molecule has 0 bridgehead atoms. The first-order valence-corrected chi connectivity index (χ1v) is 8.40. The maximum Gasteiger partial charge on any atom is 0.0704 e. The van der Waals surface area contributed by atoms with Crippen LogP contribution in [0.1, 0.15) is 36.5 Å². The third kappa shape index (κ3) is 2.56. The maximum absolute atomic E-state index is 4.63. The first-order valence-electron chi connectivity index (χ1n) is 8.40. The van der Waals surface area contributed by atoms with E-state index in [1.165, 1.54) is 33.0 Å². The van der Waals surface area contributed by atoms with Crippen molar-refractivity contribution < 1.29 is 0 Å². The number of pyridine rings is 2. The van der Waals surface area contributed by atoms with Crippen molar-refractivity contribution in [1.82, 2.24) is 14.5 Å². The van der Waals surface area contributed by atoms with E-state index >= 15 is 0 Å². The molecule has 24 heavy (non-hydrogen) atoms. The lowest BCUT2D eigenvalue weighted by atomic mass is 10.0. The minimum Gasteiger partial charge on any atom is -0.343 e. The molecule has 0 spiro atoms. The van der Waals surface area contributed by atoms with Gasteiger partial charge in [-0.3, -0.25) is 9.97 Å². The van der Waals surface area contributed by atoms with E-state index in [1.807, 2.05) is 18.6 Å². The van der Waals surface area contributed by atoms with Crippen molar-refractivity contribution in [2.24, 2.45) is 0 Å². The first kappa shape index (κ1) is 14.9. The highest BCUT2D eigenvalue weighted by molar-refractivity contribution is 5.84. The lowest BCUT2D eigenvalue weighted by Crippen LogP contribution is -1.99. The standard InChI is InChI=1S/C21H21N3/c1-14(2)19-13-24(21-6-7-22-11-18(19)21)12-16-9-17-5-4-15(3)8-20(17)23-10-16/h4-11,13-14H,12H2,1-3H3. The van der Waals surface area contributed by atoms with Crippen LogP contribution in [0.4, 0.5) is 0 Å². The lowest BCUT2D eigenvalue weighted by Gasteiger charge is -2.07. The Morgan fingerprint density at radius 2 is 1.96 bits per heavy atom. The number of fused-ring (bicyclic) bond motifs is 2. The van der Waals surface area contributed by atoms with Crippen molar-refractivity contribution >= 4 is 21.8 Å². The molecule has 0 aliphatic carbocycles. The van der Waals surface area contributed by atoms with Crippen molar-refractivity contribution in [2.75, 3.05) is 0 Å². The van der Waals surface area contributed by atoms with Crippen LogP contribution in [0.25, 0.3) is 21.8 Å². The van der Waals surface area contributed by atoms with Crippen LogP contribution in [0.3, 0.4) is 0 Å². The van der Waals surface area contributed by atoms with Gasteiger partial charge < -0.3 is 4.57 Å². The average molecular weight is 315 g/mol. The van der Waals surface area contributed by atoms with E-state index in [4.69, 9.17) is 0 Å². The van der Waals surface area contributed by atoms with E-state index in [0.717, 1.165) is 12.1 Å². The number of benzene rings is 1. The number of nitrogens with zero attached hydrogens (tertiary/aromatic N) is 3. The predicted molar refractivity (Wildman–Crippen MR) is 99.4 cm³/mol. The molecule has 0 amide bonds. The van der Waals surface area contributed by atoms with Crippen LogP contribution in [-0.2, 0) is 6.54 Å². The highest BCUT2D eigenvalue weighted by Crippen LogP contribution is 2.27. The Kier molecular flexibility index (Phi) is 3.57. The molecule has 4 aromatic rings. The number of hydrogen-bond donors (Lipinski definition) is 0. The van der Waals surface area contributed by atoms with Crippen LogP contribution in [0.2, 0.25) is 0 Å². The number of aryl methyl sites for hydroxylation is 1. The summed E-state index contributed by atoms with van der Waals surface area (Å²) in [5, 5.41) is 2.44. The van der Waals surface area contributed by atoms with E-state index in [9.17, 15) is 0 Å². The summed E-state index contributed by atoms with van der Waals surface area (Å²) in [7, 11) is 0. The highest BCUT2D eigenvalue weighted by Gasteiger charge is 2.11. The van der Waals surface area contributed by atoms with E-state index < -0.39 is 0 Å². The van der Waals surface area contributed by atoms with E-state index in [1.54, 1.807) is 0 Å². The molecular formula is C21H21N3. The van der Waals surface area contributed by atoms with Gasteiger partial charge in [-0.05, 0) is 47.7 Å². The highest BCUT2D eigenvalue weighted by atomic mass is 15.0. The topological polar surface area (TPSA) is 30.7 Å². The first-order chi connectivity index (χ1) is 11.6. The fraction of sp³-hybridized carbons (Fsp3) is 0.238. The Morgan fingerprint density at radius 3 is 2.79 bits per heavy atom. The SMILES string of the molecule is Cc1ccc2cc(Cn3cc(C(C)C)c4cnccc43)cnc2c1.